The lowest BCUT2D eigenvalue weighted by Crippen LogP contribution is -2.28. The van der Waals surface area contributed by atoms with Crippen LogP contribution in [0.3, 0.4) is 0 Å². The summed E-state index contributed by atoms with van der Waals surface area (Å²) >= 11 is 1.97. The van der Waals surface area contributed by atoms with Crippen LogP contribution in [-0.4, -0.2) is 89.1 Å². The number of aromatic nitrogens is 7. The maximum atomic E-state index is 11.1. The zero-order chi connectivity index (χ0) is 106. The number of ketones is 1. The van der Waals surface area contributed by atoms with Crippen molar-refractivity contribution in [3.8, 4) is 0 Å². The molecule has 0 saturated carbocycles. The number of aromatic amines is 2. The maximum Gasteiger partial charge on any atom is 0.417 e. The Morgan fingerprint density at radius 1 is 0.406 bits per heavy atom. The lowest BCUT2D eigenvalue weighted by atomic mass is 9.92. The van der Waals surface area contributed by atoms with Crippen molar-refractivity contribution in [3.63, 3.8) is 0 Å². The average molecular weight is 1960 g/mol. The molecule has 6 aromatic heterocycles. The van der Waals surface area contributed by atoms with Crippen LogP contribution < -0.4 is 16.0 Å². The minimum Gasteiger partial charge on any atom is -0.464 e. The van der Waals surface area contributed by atoms with Gasteiger partial charge in [0.1, 0.15) is 16.6 Å². The van der Waals surface area contributed by atoms with Gasteiger partial charge in [0.2, 0.25) is 0 Å². The number of carbonyl (C=O) groups is 1. The van der Waals surface area contributed by atoms with Gasteiger partial charge in [-0.1, -0.05) is 359 Å². The number of nitrogens with zero attached hydrogens (tertiary/aromatic N) is 7. The van der Waals surface area contributed by atoms with Gasteiger partial charge >= 0.3 is 5.76 Å². The summed E-state index contributed by atoms with van der Waals surface area (Å²) in [5, 5.41) is 15.7. The van der Waals surface area contributed by atoms with Crippen molar-refractivity contribution in [2.45, 2.75) is 276 Å². The van der Waals surface area contributed by atoms with Gasteiger partial charge in [-0.3, -0.25) is 14.7 Å². The van der Waals surface area contributed by atoms with E-state index in [-0.39, 0.29) is 0 Å². The Hall–Kier alpha value is -12.0. The first-order valence-corrected chi connectivity index (χ1v) is 53.1. The molecule has 0 amide bonds. The first-order valence-electron chi connectivity index (χ1n) is 52.1. The zero-order valence-corrected chi connectivity index (χ0v) is 93.8. The summed E-state index contributed by atoms with van der Waals surface area (Å²) in [5.74, 6) is 6.92. The number of oxazole rings is 1. The van der Waals surface area contributed by atoms with E-state index >= 15 is 0 Å². The number of nitrogens with one attached hydrogen (secondary N) is 3. The lowest BCUT2D eigenvalue weighted by molar-refractivity contribution is 0.0994. The summed E-state index contributed by atoms with van der Waals surface area (Å²) < 4.78 is 18.9. The number of imidazole rings is 1. The number of H-pyrrole nitrogens is 2. The molecule has 4 aliphatic heterocycles. The number of Topliss-reactive ketones (excluding diaryl/α,β-unsaturated/α-hetero) is 1. The summed E-state index contributed by atoms with van der Waals surface area (Å²) in [4.78, 5) is 37.8. The molecule has 143 heavy (non-hydrogen) atoms. The molecule has 0 radical (unpaired) electrons. The molecule has 16 heteroatoms. The zero-order valence-electron chi connectivity index (χ0n) is 92.9. The third kappa shape index (κ3) is 50.2. The predicted molar refractivity (Wildman–Crippen MR) is 622 cm³/mol. The van der Waals surface area contributed by atoms with Crippen LogP contribution in [-0.2, 0) is 25.7 Å². The quantitative estimate of drug-likeness (QED) is 0.152. The Labute approximate surface area is 865 Å². The van der Waals surface area contributed by atoms with Crippen molar-refractivity contribution in [2.24, 2.45) is 52.3 Å². The van der Waals surface area contributed by atoms with Crippen molar-refractivity contribution in [3.05, 3.63) is 349 Å². The molecule has 1 saturated heterocycles. The number of aryl methyl sites for hydroxylation is 2. The van der Waals surface area contributed by atoms with Gasteiger partial charge in [-0.25, -0.2) is 14.4 Å². The highest BCUT2D eigenvalue weighted by Crippen LogP contribution is 2.33. The summed E-state index contributed by atoms with van der Waals surface area (Å²) in [6, 6.07) is 87.7. The van der Waals surface area contributed by atoms with Gasteiger partial charge in [0.25, 0.3) is 0 Å². The molecule has 22 rings (SSSR count). The Morgan fingerprint density at radius 2 is 0.867 bits per heavy atom. The maximum absolute atomic E-state index is 11.1. The predicted octanol–water partition coefficient (Wildman–Crippen LogP) is 35.5. The largest absolute Gasteiger partial charge is 0.464 e. The minimum absolute atomic E-state index is 0.301. The molecule has 10 heterocycles. The van der Waals surface area contributed by atoms with Crippen LogP contribution in [0.1, 0.15) is 266 Å². The Morgan fingerprint density at radius 3 is 1.38 bits per heavy atom. The number of thioether (sulfide) groups is 1. The number of allylic oxidation sites excluding steroid dienone is 2. The molecule has 16 aromatic rings. The monoisotopic (exact) mass is 1960 g/mol. The number of hydrogen-bond donors (Lipinski definition) is 3. The van der Waals surface area contributed by atoms with Crippen LogP contribution in [0, 0.1) is 52.3 Å². The molecular weight excluding hydrogens is 1780 g/mol. The smallest absolute Gasteiger partial charge is 0.417 e. The van der Waals surface area contributed by atoms with E-state index in [2.05, 4.69) is 439 Å². The first kappa shape index (κ1) is 121. The van der Waals surface area contributed by atoms with Gasteiger partial charge in [0, 0.05) is 114 Å². The molecule has 1 fully saturated rings. The molecule has 6 aliphatic rings. The molecule has 0 bridgehead atoms. The second-order valence-corrected chi connectivity index (χ2v) is 45.2. The summed E-state index contributed by atoms with van der Waals surface area (Å²) in [6.45, 7) is 72.7. The fraction of sp³-hybridized carbons (Fsp3) is 0.425. The molecule has 2 atom stereocenters. The number of rotatable bonds is 4. The molecular formula is C127H178N10O5S. The second kappa shape index (κ2) is 65.3. The molecule has 15 nitrogen and oxygen atoms in total. The number of likely N-dealkylation sites (tertiary alicyclic amines) is 1. The van der Waals surface area contributed by atoms with Gasteiger partial charge in [-0.2, -0.15) is 0 Å². The van der Waals surface area contributed by atoms with E-state index in [1.165, 1.54) is 105 Å². The number of fused-ring (bicyclic) bond motifs is 11. The molecule has 0 spiro atoms. The van der Waals surface area contributed by atoms with Crippen molar-refractivity contribution in [2.75, 3.05) is 42.1 Å². The second-order valence-electron chi connectivity index (χ2n) is 44.0. The number of furan rings is 1. The average Bonchev–Trinajstić information content (AvgIpc) is 1.68. The van der Waals surface area contributed by atoms with Crippen LogP contribution >= 0.6 is 11.8 Å². The van der Waals surface area contributed by atoms with Crippen molar-refractivity contribution >= 4 is 94.7 Å². The Kier molecular flexibility index (Phi) is 55.5. The fourth-order valence-corrected chi connectivity index (χ4v) is 15.2. The van der Waals surface area contributed by atoms with Gasteiger partial charge in [-0.15, -0.1) is 11.8 Å². The van der Waals surface area contributed by atoms with Crippen LogP contribution in [0.25, 0.3) is 65.8 Å². The molecule has 3 N–H and O–H groups in total. The molecule has 2 aliphatic carbocycles. The summed E-state index contributed by atoms with van der Waals surface area (Å²) in [6.07, 6.45) is 24.3. The standard InChI is InChI=1S/C11H17N.C11H13N.C11H15N.C11H13N.C9H8O.C8H9N.C8H6O.C8H8S.C7H6N2.C7H5NO2.C6H4N2O.2C5H12.5C4H10/c2*1-9(2)12-7-10-5-3-4-6-11(10)8-12;2*1-9(2)12-8-7-10-5-3-4-6-11(10)12;10-9-6-5-7-3-1-2-4-8(7)9;3*1-2-4-8-7(3-1)5-6-9-8;1-2-4-7-6(3-1)8-5-9-7;9-7-8-5-3-1-2-4-6(5)10-7;1-2-4-6-5(3-1)7-9-8-6;2*1-5(2,3)4;5*1-4(2)3/h3-6,9-11H,7-8H2,1-2H3;3-9H,1-2H3;3-6,9H,7-8H2,1-2H3;3-9H,1-2H3;1-4H,5-6H2;1-4,9H,5-6H2;1-6H;1-4H,5-6H2;1-5H,(H,8,9);1-4H,(H,8,9);1-4H;2*1-4H3;5*4H,1-3H3. The normalized spacial score (nSPS) is 13.8. The third-order valence-electron chi connectivity index (χ3n) is 20.3. The van der Waals surface area contributed by atoms with E-state index < -0.39 is 5.76 Å². The first-order chi connectivity index (χ1) is 67.8. The van der Waals surface area contributed by atoms with E-state index in [4.69, 9.17) is 8.83 Å². The van der Waals surface area contributed by atoms with Crippen molar-refractivity contribution in [1.82, 2.24) is 39.3 Å². The van der Waals surface area contributed by atoms with Gasteiger partial charge in [0.15, 0.2) is 11.4 Å². The van der Waals surface area contributed by atoms with E-state index in [1.807, 2.05) is 127 Å². The topological polar surface area (TPSA) is 172 Å². The van der Waals surface area contributed by atoms with Gasteiger partial charge < -0.3 is 33.2 Å². The highest BCUT2D eigenvalue weighted by molar-refractivity contribution is 7.99. The van der Waals surface area contributed by atoms with E-state index in [0.29, 0.717) is 52.8 Å². The number of para-hydroxylation sites is 8. The van der Waals surface area contributed by atoms with E-state index in [9.17, 15) is 9.59 Å². The molecule has 772 valence electrons. The fourth-order valence-electron chi connectivity index (χ4n) is 14.2. The lowest BCUT2D eigenvalue weighted by Gasteiger charge is -2.23. The number of carbonyl (C=O) groups excluding carboxylic acids is 1. The summed E-state index contributed by atoms with van der Waals surface area (Å²) in [5.41, 5.74) is 17.8. The highest BCUT2D eigenvalue weighted by Gasteiger charge is 2.31. The SMILES string of the molecule is CC(C)(C)C.CC(C)(C)C.CC(C)C.CC(C)C.CC(C)C.CC(C)C.CC(C)C.CC(C)N1CC2C=CC=CC2C1.CC(C)N1CCc2ccccc21.CC(C)n1cc2ccccc2c1.CC(C)n1ccc2ccccc21.O=C1CCc2ccccc21.O=c1[nH]c2ccccc2o1.c1ccc2[nH]cnc2c1.c1ccc2c(c1)CCN2.c1ccc2c(c1)CCS2.c1ccc2nonc2c1.c1ccc2occc2c1. The van der Waals surface area contributed by atoms with Crippen LogP contribution in [0.5, 0.6) is 0 Å². The molecule has 10 aromatic carbocycles. The number of hydrogen-bond acceptors (Lipinski definition) is 12. The third-order valence-corrected chi connectivity index (χ3v) is 21.5. The van der Waals surface area contributed by atoms with E-state index in [0.717, 1.165) is 98.5 Å². The van der Waals surface area contributed by atoms with Gasteiger partial charge in [-0.05, 0) is 261 Å². The van der Waals surface area contributed by atoms with Crippen LogP contribution in [0.2, 0.25) is 0 Å². The summed E-state index contributed by atoms with van der Waals surface area (Å²) in [7, 11) is 0. The van der Waals surface area contributed by atoms with Crippen molar-refractivity contribution < 1.29 is 18.3 Å². The van der Waals surface area contributed by atoms with Crippen LogP contribution in [0.15, 0.2) is 333 Å². The number of anilines is 2. The van der Waals surface area contributed by atoms with Gasteiger partial charge in [0.05, 0.1) is 29.1 Å². The highest BCUT2D eigenvalue weighted by atomic mass is 32.2. The molecule has 2 unspecified atom stereocenters. The minimum atomic E-state index is -0.402. The number of benzene rings is 10. The Balaban J connectivity index is 0.000000270. The Bertz CT molecular complexity index is 5730. The van der Waals surface area contributed by atoms with E-state index in [1.54, 1.807) is 24.7 Å². The van der Waals surface area contributed by atoms with Crippen LogP contribution in [0.4, 0.5) is 11.4 Å². The van der Waals surface area contributed by atoms with Crippen molar-refractivity contribution in [1.29, 1.82) is 0 Å².